The highest BCUT2D eigenvalue weighted by atomic mass is 16.7. The Labute approximate surface area is 161 Å². The highest BCUT2D eigenvalue weighted by molar-refractivity contribution is 5.59. The largest absolute Gasteiger partial charge is 0.508 e. The molecule has 162 valence electrons. The smallest absolute Gasteiger partial charge is 0.434 e. The van der Waals surface area contributed by atoms with Crippen LogP contribution in [0.5, 0.6) is 0 Å². The van der Waals surface area contributed by atoms with Crippen molar-refractivity contribution >= 4 is 6.16 Å². The molecule has 0 bridgehead atoms. The molecule has 9 nitrogen and oxygen atoms in total. The lowest BCUT2D eigenvalue weighted by atomic mass is 10.2. The van der Waals surface area contributed by atoms with Gasteiger partial charge in [0.05, 0.1) is 57.5 Å². The lowest BCUT2D eigenvalue weighted by Crippen LogP contribution is -2.28. The van der Waals surface area contributed by atoms with Gasteiger partial charge in [-0.2, -0.15) is 0 Å². The van der Waals surface area contributed by atoms with Gasteiger partial charge >= 0.3 is 6.16 Å². The first-order valence-corrected chi connectivity index (χ1v) is 9.21. The summed E-state index contributed by atoms with van der Waals surface area (Å²) in [5.41, 5.74) is 0. The highest BCUT2D eigenvalue weighted by Crippen LogP contribution is 2.03. The van der Waals surface area contributed by atoms with Gasteiger partial charge in [-0.05, 0) is 27.7 Å². The van der Waals surface area contributed by atoms with Gasteiger partial charge in [-0.3, -0.25) is 0 Å². The van der Waals surface area contributed by atoms with Crippen molar-refractivity contribution in [3.63, 3.8) is 0 Å². The van der Waals surface area contributed by atoms with Crippen LogP contribution in [0.25, 0.3) is 0 Å². The predicted molar refractivity (Wildman–Crippen MR) is 97.7 cm³/mol. The summed E-state index contributed by atoms with van der Waals surface area (Å²) in [5.74, 6) is -0.506. The molecule has 0 rings (SSSR count). The lowest BCUT2D eigenvalue weighted by molar-refractivity contribution is -0.0878. The maximum absolute atomic E-state index is 11.4. The second-order valence-corrected chi connectivity index (χ2v) is 6.58. The molecule has 4 atom stereocenters. The van der Waals surface area contributed by atoms with Crippen molar-refractivity contribution in [1.82, 2.24) is 0 Å². The summed E-state index contributed by atoms with van der Waals surface area (Å²) >= 11 is 0. The van der Waals surface area contributed by atoms with Crippen LogP contribution < -0.4 is 0 Å². The van der Waals surface area contributed by atoms with Gasteiger partial charge in [0.1, 0.15) is 13.2 Å². The van der Waals surface area contributed by atoms with Gasteiger partial charge < -0.3 is 38.6 Å². The van der Waals surface area contributed by atoms with E-state index in [9.17, 15) is 4.79 Å². The second kappa shape index (κ2) is 16.0. The monoisotopic (exact) mass is 396 g/mol. The van der Waals surface area contributed by atoms with Crippen molar-refractivity contribution in [2.24, 2.45) is 5.92 Å². The van der Waals surface area contributed by atoms with Gasteiger partial charge in [0, 0.05) is 13.0 Å². The Balaban J connectivity index is 3.78. The normalized spacial score (nSPS) is 16.0. The van der Waals surface area contributed by atoms with Crippen LogP contribution in [0.3, 0.4) is 0 Å². The fraction of sp³-hybridized carbons (Fsp3) is 0.944. The molecule has 0 amide bonds. The third-order valence-electron chi connectivity index (χ3n) is 3.64. The number of carbonyl (C=O) groups excluding carboxylic acids is 1. The highest BCUT2D eigenvalue weighted by Gasteiger charge is 2.14. The molecular formula is C18H36O9. The van der Waals surface area contributed by atoms with E-state index < -0.39 is 12.1 Å². The number of ether oxygens (including phenoxy) is 6. The Kier molecular flexibility index (Phi) is 15.5. The van der Waals surface area contributed by atoms with E-state index in [0.717, 1.165) is 0 Å². The van der Waals surface area contributed by atoms with E-state index in [2.05, 4.69) is 0 Å². The molecule has 0 aliphatic carbocycles. The van der Waals surface area contributed by atoms with Gasteiger partial charge in [-0.25, -0.2) is 4.79 Å². The van der Waals surface area contributed by atoms with Crippen LogP contribution in [-0.2, 0) is 28.4 Å². The molecule has 2 N–H and O–H groups in total. The number of hydrogen-bond acceptors (Lipinski definition) is 9. The summed E-state index contributed by atoms with van der Waals surface area (Å²) in [6.07, 6.45) is -1.34. The zero-order valence-corrected chi connectivity index (χ0v) is 17.1. The fourth-order valence-corrected chi connectivity index (χ4v) is 1.69. The van der Waals surface area contributed by atoms with E-state index in [-0.39, 0.29) is 50.8 Å². The van der Waals surface area contributed by atoms with E-state index in [4.69, 9.17) is 38.6 Å². The standard InChI is InChI=1S/C18H36O9/c1-13(22-5)8-23-14(2)9-24-15(3)10-25-16(4)11-26-18(21)27-12-17(6-19)7-20/h13-17,19-20H,6-12H2,1-5H3. The van der Waals surface area contributed by atoms with Gasteiger partial charge in [-0.1, -0.05) is 0 Å². The molecule has 0 heterocycles. The van der Waals surface area contributed by atoms with E-state index in [0.29, 0.717) is 19.8 Å². The number of carbonyl (C=O) groups is 1. The van der Waals surface area contributed by atoms with Crippen LogP contribution in [0, 0.1) is 5.92 Å². The molecule has 0 aromatic heterocycles. The van der Waals surface area contributed by atoms with Crippen LogP contribution in [0.15, 0.2) is 0 Å². The Morgan fingerprint density at radius 1 is 0.704 bits per heavy atom. The molecule has 0 saturated carbocycles. The Morgan fingerprint density at radius 2 is 1.11 bits per heavy atom. The van der Waals surface area contributed by atoms with Crippen LogP contribution in [0.4, 0.5) is 4.79 Å². The van der Waals surface area contributed by atoms with E-state index >= 15 is 0 Å². The van der Waals surface area contributed by atoms with E-state index in [1.54, 1.807) is 14.0 Å². The van der Waals surface area contributed by atoms with Crippen LogP contribution >= 0.6 is 0 Å². The van der Waals surface area contributed by atoms with E-state index in [1.807, 2.05) is 20.8 Å². The number of aliphatic hydroxyl groups excluding tert-OH is 2. The molecule has 0 spiro atoms. The van der Waals surface area contributed by atoms with Crippen molar-refractivity contribution in [2.45, 2.75) is 52.1 Å². The minimum absolute atomic E-state index is 0.0306. The Morgan fingerprint density at radius 3 is 1.56 bits per heavy atom. The quantitative estimate of drug-likeness (QED) is 0.369. The van der Waals surface area contributed by atoms with Crippen LogP contribution in [0.1, 0.15) is 27.7 Å². The first kappa shape index (κ1) is 26.0. The van der Waals surface area contributed by atoms with Crippen molar-refractivity contribution in [2.75, 3.05) is 53.4 Å². The number of hydrogen-bond donors (Lipinski definition) is 2. The van der Waals surface area contributed by atoms with E-state index in [1.165, 1.54) is 0 Å². The van der Waals surface area contributed by atoms with Crippen molar-refractivity contribution in [1.29, 1.82) is 0 Å². The molecule has 0 aliphatic rings. The zero-order valence-electron chi connectivity index (χ0n) is 17.1. The summed E-state index contributed by atoms with van der Waals surface area (Å²) in [6.45, 7) is 8.20. The Hall–Kier alpha value is -0.970. The average molecular weight is 396 g/mol. The van der Waals surface area contributed by atoms with Gasteiger partial charge in [0.2, 0.25) is 0 Å². The summed E-state index contributed by atoms with van der Waals surface area (Å²) in [6, 6.07) is 0. The molecule has 0 aromatic carbocycles. The first-order chi connectivity index (χ1) is 12.8. The van der Waals surface area contributed by atoms with Gasteiger partial charge in [0.15, 0.2) is 0 Å². The molecule has 0 saturated heterocycles. The molecule has 0 radical (unpaired) electrons. The molecule has 27 heavy (non-hydrogen) atoms. The van der Waals surface area contributed by atoms with Gasteiger partial charge in [0.25, 0.3) is 0 Å². The first-order valence-electron chi connectivity index (χ1n) is 9.21. The molecule has 4 unspecified atom stereocenters. The topological polar surface area (TPSA) is 113 Å². The van der Waals surface area contributed by atoms with Crippen LogP contribution in [0.2, 0.25) is 0 Å². The molecule has 9 heteroatoms. The Bertz CT molecular complexity index is 363. The number of aliphatic hydroxyl groups is 2. The predicted octanol–water partition coefficient (Wildman–Crippen LogP) is 0.991. The van der Waals surface area contributed by atoms with Gasteiger partial charge in [-0.15, -0.1) is 0 Å². The third kappa shape index (κ3) is 14.7. The molecular weight excluding hydrogens is 360 g/mol. The molecule has 0 fully saturated rings. The van der Waals surface area contributed by atoms with Crippen LogP contribution in [-0.4, -0.2) is 94.1 Å². The van der Waals surface area contributed by atoms with Crippen molar-refractivity contribution < 1.29 is 43.4 Å². The number of methoxy groups -OCH3 is 1. The SMILES string of the molecule is COC(C)COC(C)COC(C)COC(C)COC(=O)OCC(CO)CO. The summed E-state index contributed by atoms with van der Waals surface area (Å²) < 4.78 is 31.7. The lowest BCUT2D eigenvalue weighted by Gasteiger charge is -2.20. The maximum atomic E-state index is 11.4. The summed E-state index contributed by atoms with van der Waals surface area (Å²) in [4.78, 5) is 11.4. The second-order valence-electron chi connectivity index (χ2n) is 6.58. The summed E-state index contributed by atoms with van der Waals surface area (Å²) in [5, 5.41) is 17.8. The fourth-order valence-electron chi connectivity index (χ4n) is 1.69. The zero-order chi connectivity index (χ0) is 20.7. The summed E-state index contributed by atoms with van der Waals surface area (Å²) in [7, 11) is 1.64. The van der Waals surface area contributed by atoms with Crippen molar-refractivity contribution in [3.8, 4) is 0 Å². The average Bonchev–Trinajstić information content (AvgIpc) is 2.67. The minimum atomic E-state index is -0.863. The van der Waals surface area contributed by atoms with Crippen molar-refractivity contribution in [3.05, 3.63) is 0 Å². The third-order valence-corrected chi connectivity index (χ3v) is 3.64. The molecule has 0 aromatic rings. The number of rotatable bonds is 16. The minimum Gasteiger partial charge on any atom is -0.434 e. The molecule has 0 aliphatic heterocycles. The maximum Gasteiger partial charge on any atom is 0.508 e.